The SMILES string of the molecule is CCC(=O)Nc1cc2c(N3CCc4ccccc43)ncnc2cc1OC. The van der Waals surface area contributed by atoms with Gasteiger partial charge in [-0.05, 0) is 24.1 Å². The molecule has 0 saturated heterocycles. The monoisotopic (exact) mass is 348 g/mol. The van der Waals surface area contributed by atoms with E-state index < -0.39 is 0 Å². The molecule has 1 aliphatic heterocycles. The van der Waals surface area contributed by atoms with Crippen LogP contribution in [0.2, 0.25) is 0 Å². The van der Waals surface area contributed by atoms with Crippen molar-refractivity contribution in [3.05, 3.63) is 48.3 Å². The molecular weight excluding hydrogens is 328 g/mol. The molecule has 0 spiro atoms. The Labute approximate surface area is 151 Å². The molecule has 26 heavy (non-hydrogen) atoms. The zero-order chi connectivity index (χ0) is 18.1. The van der Waals surface area contributed by atoms with Gasteiger partial charge in [-0.15, -0.1) is 0 Å². The minimum absolute atomic E-state index is 0.0624. The van der Waals surface area contributed by atoms with Crippen molar-refractivity contribution < 1.29 is 9.53 Å². The average Bonchev–Trinajstić information content (AvgIpc) is 3.10. The first kappa shape index (κ1) is 16.3. The van der Waals surface area contributed by atoms with Crippen molar-refractivity contribution in [3.8, 4) is 5.75 Å². The number of carbonyl (C=O) groups excluding carboxylic acids is 1. The van der Waals surface area contributed by atoms with Gasteiger partial charge in [0.05, 0.1) is 18.3 Å². The number of aromatic nitrogens is 2. The third-order valence-electron chi connectivity index (χ3n) is 4.67. The highest BCUT2D eigenvalue weighted by Gasteiger charge is 2.23. The van der Waals surface area contributed by atoms with Crippen molar-refractivity contribution in [1.82, 2.24) is 9.97 Å². The number of hydrogen-bond acceptors (Lipinski definition) is 5. The second kappa shape index (κ2) is 6.63. The number of benzene rings is 2. The van der Waals surface area contributed by atoms with Gasteiger partial charge in [-0.2, -0.15) is 0 Å². The fraction of sp³-hybridized carbons (Fsp3) is 0.250. The fourth-order valence-corrected chi connectivity index (χ4v) is 3.35. The summed E-state index contributed by atoms with van der Waals surface area (Å²) in [6, 6.07) is 12.1. The van der Waals surface area contributed by atoms with Crippen LogP contribution in [0.15, 0.2) is 42.7 Å². The molecule has 0 unspecified atom stereocenters. The molecule has 4 rings (SSSR count). The summed E-state index contributed by atoms with van der Waals surface area (Å²) in [7, 11) is 1.58. The van der Waals surface area contributed by atoms with Crippen molar-refractivity contribution in [2.24, 2.45) is 0 Å². The number of ether oxygens (including phenoxy) is 1. The van der Waals surface area contributed by atoms with E-state index in [4.69, 9.17) is 4.74 Å². The van der Waals surface area contributed by atoms with E-state index in [9.17, 15) is 4.79 Å². The molecule has 1 aliphatic rings. The molecule has 132 valence electrons. The van der Waals surface area contributed by atoms with Gasteiger partial charge in [0.15, 0.2) is 0 Å². The maximum Gasteiger partial charge on any atom is 0.224 e. The van der Waals surface area contributed by atoms with Crippen LogP contribution in [0.25, 0.3) is 10.9 Å². The molecule has 0 fully saturated rings. The highest BCUT2D eigenvalue weighted by Crippen LogP contribution is 2.39. The van der Waals surface area contributed by atoms with Gasteiger partial charge in [0, 0.05) is 30.1 Å². The fourth-order valence-electron chi connectivity index (χ4n) is 3.35. The van der Waals surface area contributed by atoms with Crippen molar-refractivity contribution in [1.29, 1.82) is 0 Å². The maximum absolute atomic E-state index is 11.9. The molecule has 6 heteroatoms. The van der Waals surface area contributed by atoms with E-state index in [0.717, 1.165) is 29.7 Å². The third-order valence-corrected chi connectivity index (χ3v) is 4.67. The summed E-state index contributed by atoms with van der Waals surface area (Å²) in [6.07, 6.45) is 2.96. The van der Waals surface area contributed by atoms with Crippen LogP contribution in [0, 0.1) is 0 Å². The molecule has 6 nitrogen and oxygen atoms in total. The topological polar surface area (TPSA) is 67.4 Å². The van der Waals surface area contributed by atoms with Gasteiger partial charge in [-0.1, -0.05) is 25.1 Å². The Morgan fingerprint density at radius 1 is 1.27 bits per heavy atom. The summed E-state index contributed by atoms with van der Waals surface area (Å²) in [4.78, 5) is 23.0. The lowest BCUT2D eigenvalue weighted by Crippen LogP contribution is -2.16. The van der Waals surface area contributed by atoms with Gasteiger partial charge in [0.2, 0.25) is 5.91 Å². The van der Waals surface area contributed by atoms with E-state index in [1.165, 1.54) is 11.3 Å². The van der Waals surface area contributed by atoms with Gasteiger partial charge in [0.25, 0.3) is 0 Å². The van der Waals surface area contributed by atoms with Crippen LogP contribution in [0.1, 0.15) is 18.9 Å². The summed E-state index contributed by atoms with van der Waals surface area (Å²) in [6.45, 7) is 2.69. The Morgan fingerprint density at radius 3 is 2.92 bits per heavy atom. The number of anilines is 3. The van der Waals surface area contributed by atoms with Crippen LogP contribution >= 0.6 is 0 Å². The first-order chi connectivity index (χ1) is 12.7. The number of methoxy groups -OCH3 is 1. The number of nitrogens with zero attached hydrogens (tertiary/aromatic N) is 3. The van der Waals surface area contributed by atoms with Crippen molar-refractivity contribution >= 4 is 34.0 Å². The zero-order valence-corrected chi connectivity index (χ0v) is 14.8. The second-order valence-corrected chi connectivity index (χ2v) is 6.20. The third kappa shape index (κ3) is 2.73. The lowest BCUT2D eigenvalue weighted by Gasteiger charge is -2.20. The highest BCUT2D eigenvalue weighted by atomic mass is 16.5. The number of para-hydroxylation sites is 1. The smallest absolute Gasteiger partial charge is 0.224 e. The van der Waals surface area contributed by atoms with Gasteiger partial charge in [-0.25, -0.2) is 9.97 Å². The Balaban J connectivity index is 1.86. The quantitative estimate of drug-likeness (QED) is 0.779. The van der Waals surface area contributed by atoms with Crippen molar-refractivity contribution in [2.75, 3.05) is 23.9 Å². The summed E-state index contributed by atoms with van der Waals surface area (Å²) >= 11 is 0. The molecule has 1 N–H and O–H groups in total. The van der Waals surface area contributed by atoms with E-state index in [1.807, 2.05) is 25.1 Å². The van der Waals surface area contributed by atoms with E-state index >= 15 is 0 Å². The lowest BCUT2D eigenvalue weighted by molar-refractivity contribution is -0.115. The Bertz CT molecular complexity index is 987. The maximum atomic E-state index is 11.9. The molecule has 3 aromatic rings. The lowest BCUT2D eigenvalue weighted by atomic mass is 10.1. The van der Waals surface area contributed by atoms with Gasteiger partial charge >= 0.3 is 0 Å². The van der Waals surface area contributed by atoms with Gasteiger partial charge in [0.1, 0.15) is 17.9 Å². The predicted molar refractivity (Wildman–Crippen MR) is 102 cm³/mol. The zero-order valence-electron chi connectivity index (χ0n) is 14.8. The normalized spacial score (nSPS) is 12.9. The number of nitrogens with one attached hydrogen (secondary N) is 1. The van der Waals surface area contributed by atoms with Crippen molar-refractivity contribution in [2.45, 2.75) is 19.8 Å². The second-order valence-electron chi connectivity index (χ2n) is 6.20. The summed E-state index contributed by atoms with van der Waals surface area (Å²) < 4.78 is 5.43. The standard InChI is InChI=1S/C20H20N4O2/c1-3-19(25)23-16-10-14-15(11-18(16)26-2)21-12-22-20(14)24-9-8-13-6-4-5-7-17(13)24/h4-7,10-12H,3,8-9H2,1-2H3,(H,23,25). The van der Waals surface area contributed by atoms with E-state index in [2.05, 4.69) is 38.4 Å². The number of rotatable bonds is 4. The van der Waals surface area contributed by atoms with Crippen LogP contribution in [0.4, 0.5) is 17.2 Å². The first-order valence-corrected chi connectivity index (χ1v) is 8.69. The predicted octanol–water partition coefficient (Wildman–Crippen LogP) is 3.68. The summed E-state index contributed by atoms with van der Waals surface area (Å²) in [5, 5.41) is 3.79. The Morgan fingerprint density at radius 2 is 2.12 bits per heavy atom. The number of fused-ring (bicyclic) bond motifs is 2. The van der Waals surface area contributed by atoms with Crippen LogP contribution < -0.4 is 15.0 Å². The molecule has 2 aromatic carbocycles. The summed E-state index contributed by atoms with van der Waals surface area (Å²) in [5.41, 5.74) is 3.90. The highest BCUT2D eigenvalue weighted by molar-refractivity contribution is 6.00. The first-order valence-electron chi connectivity index (χ1n) is 8.69. The van der Waals surface area contributed by atoms with Crippen LogP contribution in [-0.4, -0.2) is 29.5 Å². The average molecular weight is 348 g/mol. The molecule has 0 aliphatic carbocycles. The van der Waals surface area contributed by atoms with E-state index in [1.54, 1.807) is 13.4 Å². The number of hydrogen-bond donors (Lipinski definition) is 1. The molecule has 0 bridgehead atoms. The molecule has 0 saturated carbocycles. The minimum atomic E-state index is -0.0624. The molecule has 0 radical (unpaired) electrons. The number of carbonyl (C=O) groups is 1. The van der Waals surface area contributed by atoms with E-state index in [0.29, 0.717) is 17.9 Å². The minimum Gasteiger partial charge on any atom is -0.494 e. The van der Waals surface area contributed by atoms with Gasteiger partial charge in [-0.3, -0.25) is 4.79 Å². The molecular formula is C20H20N4O2. The number of amides is 1. The van der Waals surface area contributed by atoms with Crippen molar-refractivity contribution in [3.63, 3.8) is 0 Å². The van der Waals surface area contributed by atoms with E-state index in [-0.39, 0.29) is 5.91 Å². The summed E-state index contributed by atoms with van der Waals surface area (Å²) in [5.74, 6) is 1.37. The Hall–Kier alpha value is -3.15. The Kier molecular flexibility index (Phi) is 4.16. The van der Waals surface area contributed by atoms with Crippen LogP contribution in [0.3, 0.4) is 0 Å². The van der Waals surface area contributed by atoms with Crippen LogP contribution in [-0.2, 0) is 11.2 Å². The van der Waals surface area contributed by atoms with Crippen LogP contribution in [0.5, 0.6) is 5.75 Å². The molecule has 1 aromatic heterocycles. The molecule has 2 heterocycles. The molecule has 0 atom stereocenters. The largest absolute Gasteiger partial charge is 0.494 e. The van der Waals surface area contributed by atoms with Gasteiger partial charge < -0.3 is 15.0 Å². The molecule has 1 amide bonds.